The fourth-order valence-corrected chi connectivity index (χ4v) is 4.62. The van der Waals surface area contributed by atoms with Gasteiger partial charge in [-0.3, -0.25) is 4.99 Å². The molecule has 0 saturated carbocycles. The first-order valence-electron chi connectivity index (χ1n) is 8.98. The second-order valence-corrected chi connectivity index (χ2v) is 8.59. The van der Waals surface area contributed by atoms with Gasteiger partial charge >= 0.3 is 0 Å². The number of rotatable bonds is 7. The van der Waals surface area contributed by atoms with Crippen molar-refractivity contribution in [1.82, 2.24) is 14.9 Å². The summed E-state index contributed by atoms with van der Waals surface area (Å²) in [4.78, 5) is 4.50. The van der Waals surface area contributed by atoms with Crippen molar-refractivity contribution >= 4 is 16.0 Å². The normalized spacial score (nSPS) is 17.6. The molecule has 6 nitrogen and oxygen atoms in total. The Balaban J connectivity index is 1.83. The highest BCUT2D eigenvalue weighted by molar-refractivity contribution is 7.89. The Morgan fingerprint density at radius 1 is 1.20 bits per heavy atom. The van der Waals surface area contributed by atoms with E-state index < -0.39 is 10.0 Å². The predicted molar refractivity (Wildman–Crippen MR) is 104 cm³/mol. The second kappa shape index (κ2) is 9.20. The van der Waals surface area contributed by atoms with E-state index >= 15 is 0 Å². The molecule has 7 heteroatoms. The van der Waals surface area contributed by atoms with Gasteiger partial charge in [0.05, 0.1) is 12.3 Å². The fraction of sp³-hybridized carbons (Fsp3) is 0.611. The van der Waals surface area contributed by atoms with Crippen molar-refractivity contribution in [2.24, 2.45) is 4.99 Å². The Labute approximate surface area is 151 Å². The summed E-state index contributed by atoms with van der Waals surface area (Å²) in [7, 11) is -3.04. The van der Waals surface area contributed by atoms with Gasteiger partial charge in [-0.15, -0.1) is 0 Å². The number of sulfonamides is 1. The molecule has 2 rings (SSSR count). The molecule has 1 saturated heterocycles. The smallest absolute Gasteiger partial charge is 0.214 e. The van der Waals surface area contributed by atoms with Crippen LogP contribution in [0.15, 0.2) is 23.2 Å². The Morgan fingerprint density at radius 3 is 2.52 bits per heavy atom. The lowest BCUT2D eigenvalue weighted by Gasteiger charge is -2.14. The monoisotopic (exact) mass is 366 g/mol. The quantitative estimate of drug-likeness (QED) is 0.566. The molecule has 0 spiro atoms. The standard InChI is InChI=1S/C18H30N4O2S/c1-4-19-18(21-8-10-22-9-5-11-25(22,23)24)20-7-6-17-13-15(2)12-16(3)14-17/h12-14H,4-11H2,1-3H3,(H2,19,20,21). The highest BCUT2D eigenvalue weighted by atomic mass is 32.2. The summed E-state index contributed by atoms with van der Waals surface area (Å²) in [6, 6.07) is 6.59. The zero-order valence-electron chi connectivity index (χ0n) is 15.5. The van der Waals surface area contributed by atoms with E-state index in [0.29, 0.717) is 19.6 Å². The zero-order chi connectivity index (χ0) is 18.3. The first kappa shape index (κ1) is 19.7. The van der Waals surface area contributed by atoms with Crippen molar-refractivity contribution in [3.05, 3.63) is 34.9 Å². The highest BCUT2D eigenvalue weighted by Crippen LogP contribution is 2.12. The maximum atomic E-state index is 11.8. The van der Waals surface area contributed by atoms with E-state index in [1.165, 1.54) is 21.0 Å². The zero-order valence-corrected chi connectivity index (χ0v) is 16.3. The molecule has 25 heavy (non-hydrogen) atoms. The average Bonchev–Trinajstić information content (AvgIpc) is 2.85. The van der Waals surface area contributed by atoms with Crippen molar-refractivity contribution in [2.45, 2.75) is 33.6 Å². The third kappa shape index (κ3) is 6.32. The van der Waals surface area contributed by atoms with Gasteiger partial charge in [0.15, 0.2) is 5.96 Å². The number of aryl methyl sites for hydroxylation is 2. The van der Waals surface area contributed by atoms with Crippen molar-refractivity contribution in [1.29, 1.82) is 0 Å². The molecular weight excluding hydrogens is 336 g/mol. The molecule has 1 aliphatic heterocycles. The van der Waals surface area contributed by atoms with Gasteiger partial charge in [-0.2, -0.15) is 0 Å². The van der Waals surface area contributed by atoms with Crippen LogP contribution in [0.2, 0.25) is 0 Å². The van der Waals surface area contributed by atoms with E-state index in [1.807, 2.05) is 6.92 Å². The summed E-state index contributed by atoms with van der Waals surface area (Å²) >= 11 is 0. The lowest BCUT2D eigenvalue weighted by Crippen LogP contribution is -2.39. The molecule has 0 aliphatic carbocycles. The molecule has 0 bridgehead atoms. The minimum Gasteiger partial charge on any atom is -0.357 e. The Morgan fingerprint density at radius 2 is 1.92 bits per heavy atom. The van der Waals surface area contributed by atoms with E-state index in [-0.39, 0.29) is 5.75 Å². The van der Waals surface area contributed by atoms with Crippen molar-refractivity contribution in [3.8, 4) is 0 Å². The van der Waals surface area contributed by atoms with E-state index in [4.69, 9.17) is 0 Å². The summed E-state index contributed by atoms with van der Waals surface area (Å²) < 4.78 is 25.1. The van der Waals surface area contributed by atoms with Gasteiger partial charge in [0.25, 0.3) is 0 Å². The molecule has 1 heterocycles. The highest BCUT2D eigenvalue weighted by Gasteiger charge is 2.27. The van der Waals surface area contributed by atoms with Crippen LogP contribution in [0, 0.1) is 13.8 Å². The van der Waals surface area contributed by atoms with Crippen molar-refractivity contribution < 1.29 is 8.42 Å². The van der Waals surface area contributed by atoms with Crippen LogP contribution in [0.25, 0.3) is 0 Å². The van der Waals surface area contributed by atoms with Crippen molar-refractivity contribution in [3.63, 3.8) is 0 Å². The summed E-state index contributed by atoms with van der Waals surface area (Å²) in [6.45, 7) is 9.35. The van der Waals surface area contributed by atoms with Crippen molar-refractivity contribution in [2.75, 3.05) is 38.5 Å². The molecule has 1 aromatic rings. The third-order valence-electron chi connectivity index (χ3n) is 4.15. The molecule has 140 valence electrons. The molecule has 1 aromatic carbocycles. The summed E-state index contributed by atoms with van der Waals surface area (Å²) in [5.41, 5.74) is 3.87. The molecule has 0 unspecified atom stereocenters. The van der Waals surface area contributed by atoms with Crippen LogP contribution in [0.5, 0.6) is 0 Å². The van der Waals surface area contributed by atoms with Crippen LogP contribution < -0.4 is 10.6 Å². The van der Waals surface area contributed by atoms with Crippen LogP contribution >= 0.6 is 0 Å². The van der Waals surface area contributed by atoms with Gasteiger partial charge in [-0.25, -0.2) is 12.7 Å². The molecular formula is C18H30N4O2S. The minimum absolute atomic E-state index is 0.269. The van der Waals surface area contributed by atoms with Crippen LogP contribution in [-0.4, -0.2) is 57.2 Å². The lowest BCUT2D eigenvalue weighted by atomic mass is 10.1. The Kier molecular flexibility index (Phi) is 7.25. The number of nitrogens with one attached hydrogen (secondary N) is 2. The predicted octanol–water partition coefficient (Wildman–Crippen LogP) is 1.44. The second-order valence-electron chi connectivity index (χ2n) is 6.50. The number of nitrogens with zero attached hydrogens (tertiary/aromatic N) is 2. The molecule has 1 fully saturated rings. The number of hydrogen-bond donors (Lipinski definition) is 2. The van der Waals surface area contributed by atoms with E-state index in [9.17, 15) is 8.42 Å². The molecule has 0 aromatic heterocycles. The number of hydrogen-bond acceptors (Lipinski definition) is 3. The van der Waals surface area contributed by atoms with Crippen LogP contribution in [0.4, 0.5) is 0 Å². The number of benzene rings is 1. The van der Waals surface area contributed by atoms with Crippen LogP contribution in [-0.2, 0) is 16.4 Å². The van der Waals surface area contributed by atoms with Gasteiger partial charge < -0.3 is 10.6 Å². The van der Waals surface area contributed by atoms with Crippen LogP contribution in [0.1, 0.15) is 30.0 Å². The molecule has 0 amide bonds. The molecule has 0 atom stereocenters. The maximum Gasteiger partial charge on any atom is 0.214 e. The minimum atomic E-state index is -3.04. The number of guanidine groups is 1. The third-order valence-corrected chi connectivity index (χ3v) is 6.11. The van der Waals surface area contributed by atoms with Gasteiger partial charge in [-0.05, 0) is 39.2 Å². The van der Waals surface area contributed by atoms with Gasteiger partial charge in [0, 0.05) is 26.2 Å². The Hall–Kier alpha value is -1.60. The molecule has 2 N–H and O–H groups in total. The van der Waals surface area contributed by atoms with E-state index in [1.54, 1.807) is 0 Å². The largest absolute Gasteiger partial charge is 0.357 e. The topological polar surface area (TPSA) is 73.8 Å². The fourth-order valence-electron chi connectivity index (χ4n) is 3.10. The maximum absolute atomic E-state index is 11.8. The first-order chi connectivity index (χ1) is 11.9. The van der Waals surface area contributed by atoms with E-state index in [0.717, 1.165) is 31.9 Å². The van der Waals surface area contributed by atoms with Gasteiger partial charge in [0.1, 0.15) is 0 Å². The molecule has 1 aliphatic rings. The van der Waals surface area contributed by atoms with Gasteiger partial charge in [0.2, 0.25) is 10.0 Å². The van der Waals surface area contributed by atoms with Gasteiger partial charge in [-0.1, -0.05) is 29.3 Å². The molecule has 0 radical (unpaired) electrons. The Bertz CT molecular complexity index is 681. The summed E-state index contributed by atoms with van der Waals surface area (Å²) in [6.07, 6.45) is 1.65. The average molecular weight is 367 g/mol. The van der Waals surface area contributed by atoms with E-state index in [2.05, 4.69) is 47.7 Å². The number of aliphatic imine (C=N–C) groups is 1. The van der Waals surface area contributed by atoms with Crippen LogP contribution in [0.3, 0.4) is 0 Å². The SMILES string of the molecule is CCNC(=NCCN1CCCS1(=O)=O)NCCc1cc(C)cc(C)c1. The lowest BCUT2D eigenvalue weighted by molar-refractivity contribution is 0.452. The first-order valence-corrected chi connectivity index (χ1v) is 10.6. The summed E-state index contributed by atoms with van der Waals surface area (Å²) in [5, 5.41) is 6.53. The summed E-state index contributed by atoms with van der Waals surface area (Å²) in [5.74, 6) is 1.01.